The van der Waals surface area contributed by atoms with Crippen molar-refractivity contribution in [3.63, 3.8) is 0 Å². The van der Waals surface area contributed by atoms with Crippen molar-refractivity contribution < 1.29 is 22.7 Å². The molecule has 0 bridgehead atoms. The second kappa shape index (κ2) is 6.28. The normalized spacial score (nSPS) is 18.9. The fraction of sp³-hybridized carbons (Fsp3) is 0.538. The minimum atomic E-state index is -4.59. The molecule has 0 unspecified atom stereocenters. The van der Waals surface area contributed by atoms with Crippen molar-refractivity contribution in [1.82, 2.24) is 0 Å². The van der Waals surface area contributed by atoms with E-state index in [9.17, 15) is 22.7 Å². The van der Waals surface area contributed by atoms with Gasteiger partial charge in [-0.05, 0) is 30.9 Å². The highest BCUT2D eigenvalue weighted by Crippen LogP contribution is 2.36. The van der Waals surface area contributed by atoms with Crippen LogP contribution >= 0.6 is 12.4 Å². The lowest BCUT2D eigenvalue weighted by molar-refractivity contribution is -0.137. The van der Waals surface area contributed by atoms with Gasteiger partial charge >= 0.3 is 6.18 Å². The van der Waals surface area contributed by atoms with Gasteiger partial charge in [0.25, 0.3) is 0 Å². The first-order valence-electron chi connectivity index (χ1n) is 6.11. The van der Waals surface area contributed by atoms with E-state index >= 15 is 0 Å². The van der Waals surface area contributed by atoms with Crippen molar-refractivity contribution in [1.29, 1.82) is 0 Å². The summed E-state index contributed by atoms with van der Waals surface area (Å²) >= 11 is 0. The maximum atomic E-state index is 13.7. The molecule has 0 amide bonds. The van der Waals surface area contributed by atoms with Gasteiger partial charge in [0.15, 0.2) is 0 Å². The first-order chi connectivity index (χ1) is 8.80. The Bertz CT molecular complexity index is 462. The Kier molecular flexibility index (Phi) is 5.40. The summed E-state index contributed by atoms with van der Waals surface area (Å²) in [6, 6.07) is 1.21. The second-order valence-electron chi connectivity index (χ2n) is 4.94. The van der Waals surface area contributed by atoms with Crippen LogP contribution in [0.25, 0.3) is 0 Å². The van der Waals surface area contributed by atoms with E-state index in [-0.39, 0.29) is 23.9 Å². The number of alkyl halides is 3. The highest BCUT2D eigenvalue weighted by molar-refractivity contribution is 5.85. The molecule has 2 rings (SSSR count). The van der Waals surface area contributed by atoms with Gasteiger partial charge in [-0.2, -0.15) is 13.2 Å². The van der Waals surface area contributed by atoms with Gasteiger partial charge in [0.1, 0.15) is 5.82 Å². The Balaban J connectivity index is 0.00000200. The molecule has 0 saturated heterocycles. The zero-order chi connectivity index (χ0) is 14.2. The molecule has 114 valence electrons. The monoisotopic (exact) mass is 313 g/mol. The molecule has 0 spiro atoms. The fourth-order valence-corrected chi connectivity index (χ4v) is 2.23. The van der Waals surface area contributed by atoms with Crippen molar-refractivity contribution in [2.75, 3.05) is 0 Å². The number of hydrogen-bond acceptors (Lipinski definition) is 2. The minimum Gasteiger partial charge on any atom is -0.391 e. The summed E-state index contributed by atoms with van der Waals surface area (Å²) < 4.78 is 50.9. The summed E-state index contributed by atoms with van der Waals surface area (Å²) in [6.07, 6.45) is -2.88. The predicted molar refractivity (Wildman–Crippen MR) is 68.9 cm³/mol. The van der Waals surface area contributed by atoms with E-state index in [1.807, 2.05) is 0 Å². The molecule has 1 fully saturated rings. The Morgan fingerprint density at radius 2 is 1.85 bits per heavy atom. The third kappa shape index (κ3) is 3.42. The minimum absolute atomic E-state index is 0. The summed E-state index contributed by atoms with van der Waals surface area (Å²) in [5.74, 6) is -1.02. The first kappa shape index (κ1) is 17.2. The third-order valence-corrected chi connectivity index (χ3v) is 3.69. The van der Waals surface area contributed by atoms with Crippen LogP contribution in [0, 0.1) is 11.7 Å². The van der Waals surface area contributed by atoms with Crippen molar-refractivity contribution in [3.8, 4) is 0 Å². The van der Waals surface area contributed by atoms with Crippen molar-refractivity contribution in [2.45, 2.75) is 37.6 Å². The van der Waals surface area contributed by atoms with E-state index in [1.54, 1.807) is 0 Å². The zero-order valence-corrected chi connectivity index (χ0v) is 11.3. The van der Waals surface area contributed by atoms with Crippen LogP contribution in [-0.2, 0) is 6.18 Å². The van der Waals surface area contributed by atoms with E-state index in [0.717, 1.165) is 31.4 Å². The van der Waals surface area contributed by atoms with E-state index in [2.05, 4.69) is 0 Å². The van der Waals surface area contributed by atoms with Gasteiger partial charge in [-0.25, -0.2) is 4.39 Å². The van der Waals surface area contributed by atoms with Crippen LogP contribution in [0.4, 0.5) is 17.6 Å². The molecule has 0 heterocycles. The standard InChI is InChI=1S/C13H15F4NO.ClH/c14-10-6-8(13(15,16)17)4-5-9(10)11(18)12(19)7-2-1-3-7;/h4-7,11-12,19H,1-3,18H2;1H/t11-,12+;/m0./s1. The Morgan fingerprint density at radius 3 is 2.25 bits per heavy atom. The van der Waals surface area contributed by atoms with Crippen LogP contribution in [0.15, 0.2) is 18.2 Å². The van der Waals surface area contributed by atoms with Crippen LogP contribution in [0.5, 0.6) is 0 Å². The average molecular weight is 314 g/mol. The first-order valence-corrected chi connectivity index (χ1v) is 6.11. The molecule has 1 aromatic rings. The lowest BCUT2D eigenvalue weighted by Crippen LogP contribution is -2.37. The molecule has 0 aromatic heterocycles. The van der Waals surface area contributed by atoms with E-state index in [4.69, 9.17) is 5.73 Å². The summed E-state index contributed by atoms with van der Waals surface area (Å²) in [6.45, 7) is 0. The Labute approximate surface area is 120 Å². The Hall–Kier alpha value is -0.850. The van der Waals surface area contributed by atoms with Crippen molar-refractivity contribution in [3.05, 3.63) is 35.1 Å². The molecular formula is C13H16ClF4NO. The molecule has 7 heteroatoms. The molecule has 2 nitrogen and oxygen atoms in total. The SMILES string of the molecule is Cl.N[C@@H](c1ccc(C(F)(F)F)cc1F)[C@H](O)C1CCC1. The number of halogens is 5. The zero-order valence-electron chi connectivity index (χ0n) is 10.5. The van der Waals surface area contributed by atoms with Gasteiger partial charge in [-0.1, -0.05) is 12.5 Å². The van der Waals surface area contributed by atoms with Gasteiger partial charge in [0.2, 0.25) is 0 Å². The molecule has 2 atom stereocenters. The van der Waals surface area contributed by atoms with Crippen LogP contribution < -0.4 is 5.73 Å². The highest BCUT2D eigenvalue weighted by atomic mass is 35.5. The predicted octanol–water partition coefficient (Wildman–Crippen LogP) is 3.43. The topological polar surface area (TPSA) is 46.2 Å². The molecule has 1 saturated carbocycles. The molecule has 0 radical (unpaired) electrons. The van der Waals surface area contributed by atoms with Gasteiger partial charge < -0.3 is 10.8 Å². The maximum absolute atomic E-state index is 13.7. The van der Waals surface area contributed by atoms with Gasteiger partial charge in [0, 0.05) is 5.56 Å². The highest BCUT2D eigenvalue weighted by Gasteiger charge is 2.34. The van der Waals surface area contributed by atoms with E-state index in [1.165, 1.54) is 0 Å². The molecule has 20 heavy (non-hydrogen) atoms. The van der Waals surface area contributed by atoms with Gasteiger partial charge in [-0.15, -0.1) is 12.4 Å². The number of aliphatic hydroxyl groups is 1. The quantitative estimate of drug-likeness (QED) is 0.840. The van der Waals surface area contributed by atoms with Gasteiger partial charge in [0.05, 0.1) is 17.7 Å². The summed E-state index contributed by atoms with van der Waals surface area (Å²) in [7, 11) is 0. The summed E-state index contributed by atoms with van der Waals surface area (Å²) in [4.78, 5) is 0. The largest absolute Gasteiger partial charge is 0.416 e. The lowest BCUT2D eigenvalue weighted by Gasteiger charge is -2.34. The van der Waals surface area contributed by atoms with Crippen molar-refractivity contribution in [2.24, 2.45) is 11.7 Å². The molecule has 3 N–H and O–H groups in total. The van der Waals surface area contributed by atoms with Crippen molar-refractivity contribution >= 4 is 12.4 Å². The molecule has 1 aliphatic rings. The molecule has 0 aliphatic heterocycles. The van der Waals surface area contributed by atoms with E-state index < -0.39 is 29.7 Å². The summed E-state index contributed by atoms with van der Waals surface area (Å²) in [5, 5.41) is 9.93. The maximum Gasteiger partial charge on any atom is 0.416 e. The van der Waals surface area contributed by atoms with Crippen LogP contribution in [0.1, 0.15) is 36.4 Å². The number of aliphatic hydroxyl groups excluding tert-OH is 1. The summed E-state index contributed by atoms with van der Waals surface area (Å²) in [5.41, 5.74) is 4.60. The lowest BCUT2D eigenvalue weighted by atomic mass is 9.77. The Morgan fingerprint density at radius 1 is 1.25 bits per heavy atom. The second-order valence-corrected chi connectivity index (χ2v) is 4.94. The van der Waals surface area contributed by atoms with Gasteiger partial charge in [-0.3, -0.25) is 0 Å². The van der Waals surface area contributed by atoms with E-state index in [0.29, 0.717) is 6.07 Å². The van der Waals surface area contributed by atoms with Crippen LogP contribution in [-0.4, -0.2) is 11.2 Å². The molecule has 1 aliphatic carbocycles. The number of hydrogen-bond donors (Lipinski definition) is 2. The average Bonchev–Trinajstić information content (AvgIpc) is 2.24. The number of nitrogens with two attached hydrogens (primary N) is 1. The van der Waals surface area contributed by atoms with Crippen LogP contribution in [0.2, 0.25) is 0 Å². The number of benzene rings is 1. The smallest absolute Gasteiger partial charge is 0.391 e. The van der Waals surface area contributed by atoms with Crippen LogP contribution in [0.3, 0.4) is 0 Å². The molecular weight excluding hydrogens is 298 g/mol. The molecule has 1 aromatic carbocycles. The third-order valence-electron chi connectivity index (χ3n) is 3.69. The number of rotatable bonds is 3. The fourth-order valence-electron chi connectivity index (χ4n) is 2.23.